The van der Waals surface area contributed by atoms with Gasteiger partial charge in [0.25, 0.3) is 0 Å². The van der Waals surface area contributed by atoms with E-state index in [9.17, 15) is 4.79 Å². The van der Waals surface area contributed by atoms with Crippen molar-refractivity contribution in [1.29, 1.82) is 0 Å². The predicted octanol–water partition coefficient (Wildman–Crippen LogP) is 3.96. The number of halogens is 3. The molecule has 0 aliphatic carbocycles. The van der Waals surface area contributed by atoms with Gasteiger partial charge in [-0.2, -0.15) is 4.80 Å². The molecule has 1 amide bonds. The first-order valence-corrected chi connectivity index (χ1v) is 8.78. The first-order valence-electron chi connectivity index (χ1n) is 7.64. The quantitative estimate of drug-likeness (QED) is 0.639. The minimum atomic E-state index is -0.167. The Morgan fingerprint density at radius 2 is 1.85 bits per heavy atom. The number of likely N-dealkylation sites (N-methyl/N-ethyl adjacent to an activating group) is 1. The number of hydrogen-bond acceptors (Lipinski definition) is 4. The van der Waals surface area contributed by atoms with Crippen LogP contribution in [0.2, 0.25) is 15.1 Å². The fourth-order valence-corrected chi connectivity index (χ4v) is 2.84. The Kier molecular flexibility index (Phi) is 5.76. The van der Waals surface area contributed by atoms with Crippen LogP contribution in [-0.2, 0) is 17.9 Å². The second-order valence-corrected chi connectivity index (χ2v) is 6.84. The van der Waals surface area contributed by atoms with Gasteiger partial charge in [-0.05, 0) is 35.0 Å². The largest absolute Gasteiger partial charge is 0.340 e. The van der Waals surface area contributed by atoms with Gasteiger partial charge in [0.2, 0.25) is 11.7 Å². The van der Waals surface area contributed by atoms with E-state index >= 15 is 0 Å². The third-order valence-electron chi connectivity index (χ3n) is 3.67. The molecule has 0 N–H and O–H groups in total. The van der Waals surface area contributed by atoms with Gasteiger partial charge in [0, 0.05) is 19.2 Å². The molecular formula is C17H14Cl3N5O. The van der Waals surface area contributed by atoms with Gasteiger partial charge in [-0.15, -0.1) is 10.2 Å². The van der Waals surface area contributed by atoms with Crippen LogP contribution in [0.25, 0.3) is 11.4 Å². The molecule has 6 nitrogen and oxygen atoms in total. The first-order chi connectivity index (χ1) is 12.4. The molecule has 0 atom stereocenters. The highest BCUT2D eigenvalue weighted by Gasteiger charge is 2.15. The SMILES string of the molecule is CN(Cc1ccc(Cl)c(Cl)c1)C(=O)Cn1nnc(-c2ccccc2Cl)n1. The second-order valence-electron chi connectivity index (χ2n) is 5.62. The lowest BCUT2D eigenvalue weighted by atomic mass is 10.2. The van der Waals surface area contributed by atoms with Crippen LogP contribution in [0.15, 0.2) is 42.5 Å². The molecule has 0 bridgehead atoms. The molecule has 0 unspecified atom stereocenters. The highest BCUT2D eigenvalue weighted by molar-refractivity contribution is 6.42. The van der Waals surface area contributed by atoms with Crippen molar-refractivity contribution in [2.24, 2.45) is 0 Å². The highest BCUT2D eigenvalue weighted by atomic mass is 35.5. The summed E-state index contributed by atoms with van der Waals surface area (Å²) in [6.07, 6.45) is 0. The van der Waals surface area contributed by atoms with Crippen LogP contribution in [0.5, 0.6) is 0 Å². The maximum absolute atomic E-state index is 12.4. The molecule has 3 rings (SSSR count). The summed E-state index contributed by atoms with van der Waals surface area (Å²) in [6.45, 7) is 0.358. The minimum Gasteiger partial charge on any atom is -0.340 e. The normalized spacial score (nSPS) is 10.8. The summed E-state index contributed by atoms with van der Waals surface area (Å²) >= 11 is 18.0. The summed E-state index contributed by atoms with van der Waals surface area (Å²) in [6, 6.07) is 12.4. The zero-order valence-electron chi connectivity index (χ0n) is 13.7. The van der Waals surface area contributed by atoms with E-state index < -0.39 is 0 Å². The molecule has 0 aliphatic rings. The predicted molar refractivity (Wildman–Crippen MR) is 101 cm³/mol. The summed E-state index contributed by atoms with van der Waals surface area (Å²) < 4.78 is 0. The Bertz CT molecular complexity index is 944. The molecule has 1 aromatic heterocycles. The molecule has 26 heavy (non-hydrogen) atoms. The van der Waals surface area contributed by atoms with Gasteiger partial charge in [-0.1, -0.05) is 53.0 Å². The Morgan fingerprint density at radius 1 is 1.08 bits per heavy atom. The molecule has 3 aromatic rings. The van der Waals surface area contributed by atoms with Crippen LogP contribution in [-0.4, -0.2) is 38.1 Å². The number of carbonyl (C=O) groups is 1. The first kappa shape index (κ1) is 18.6. The maximum Gasteiger partial charge on any atom is 0.246 e. The van der Waals surface area contributed by atoms with Crippen molar-refractivity contribution in [3.8, 4) is 11.4 Å². The third-order valence-corrected chi connectivity index (χ3v) is 4.74. The van der Waals surface area contributed by atoms with Crippen molar-refractivity contribution in [1.82, 2.24) is 25.1 Å². The summed E-state index contributed by atoms with van der Waals surface area (Å²) in [5.74, 6) is 0.203. The Labute approximate surface area is 165 Å². The molecule has 0 saturated carbocycles. The van der Waals surface area contributed by atoms with E-state index in [0.717, 1.165) is 5.56 Å². The molecule has 0 aliphatic heterocycles. The van der Waals surface area contributed by atoms with Crippen LogP contribution >= 0.6 is 34.8 Å². The Morgan fingerprint density at radius 3 is 2.58 bits per heavy atom. The van der Waals surface area contributed by atoms with E-state index in [2.05, 4.69) is 15.4 Å². The van der Waals surface area contributed by atoms with Crippen LogP contribution in [0.4, 0.5) is 0 Å². The standard InChI is InChI=1S/C17H14Cl3N5O/c1-24(9-11-6-7-14(19)15(20)8-11)16(26)10-25-22-17(21-23-25)12-4-2-3-5-13(12)18/h2-8H,9-10H2,1H3. The van der Waals surface area contributed by atoms with Crippen LogP contribution in [0.3, 0.4) is 0 Å². The molecule has 134 valence electrons. The molecule has 2 aromatic carbocycles. The van der Waals surface area contributed by atoms with Gasteiger partial charge in [-0.3, -0.25) is 4.79 Å². The minimum absolute atomic E-state index is 0.0325. The molecule has 0 fully saturated rings. The van der Waals surface area contributed by atoms with E-state index in [0.29, 0.717) is 33.0 Å². The van der Waals surface area contributed by atoms with Gasteiger partial charge in [0.05, 0.1) is 15.1 Å². The zero-order valence-corrected chi connectivity index (χ0v) is 16.0. The van der Waals surface area contributed by atoms with Crippen molar-refractivity contribution in [2.45, 2.75) is 13.1 Å². The lowest BCUT2D eigenvalue weighted by Crippen LogP contribution is -2.30. The van der Waals surface area contributed by atoms with E-state index in [-0.39, 0.29) is 12.5 Å². The van der Waals surface area contributed by atoms with E-state index in [4.69, 9.17) is 34.8 Å². The lowest BCUT2D eigenvalue weighted by molar-refractivity contribution is -0.131. The van der Waals surface area contributed by atoms with Gasteiger partial charge >= 0.3 is 0 Å². The number of rotatable bonds is 5. The summed E-state index contributed by atoms with van der Waals surface area (Å²) in [5.41, 5.74) is 1.54. The van der Waals surface area contributed by atoms with E-state index in [1.54, 1.807) is 36.2 Å². The van der Waals surface area contributed by atoms with E-state index in [1.807, 2.05) is 18.2 Å². The summed E-state index contributed by atoms with van der Waals surface area (Å²) in [5, 5.41) is 13.5. The average Bonchev–Trinajstić information content (AvgIpc) is 3.06. The van der Waals surface area contributed by atoms with Crippen molar-refractivity contribution in [3.63, 3.8) is 0 Å². The number of nitrogens with zero attached hydrogens (tertiary/aromatic N) is 5. The van der Waals surface area contributed by atoms with Gasteiger partial charge < -0.3 is 4.90 Å². The van der Waals surface area contributed by atoms with Crippen molar-refractivity contribution >= 4 is 40.7 Å². The van der Waals surface area contributed by atoms with Crippen molar-refractivity contribution < 1.29 is 4.79 Å². The summed E-state index contributed by atoms with van der Waals surface area (Å²) in [4.78, 5) is 15.2. The number of benzene rings is 2. The topological polar surface area (TPSA) is 63.9 Å². The van der Waals surface area contributed by atoms with Crippen molar-refractivity contribution in [2.75, 3.05) is 7.05 Å². The smallest absolute Gasteiger partial charge is 0.246 e. The monoisotopic (exact) mass is 409 g/mol. The zero-order chi connectivity index (χ0) is 18.7. The van der Waals surface area contributed by atoms with Crippen molar-refractivity contribution in [3.05, 3.63) is 63.1 Å². The number of carbonyl (C=O) groups excluding carboxylic acids is 1. The summed E-state index contributed by atoms with van der Waals surface area (Å²) in [7, 11) is 1.69. The fraction of sp³-hybridized carbons (Fsp3) is 0.176. The lowest BCUT2D eigenvalue weighted by Gasteiger charge is -2.17. The van der Waals surface area contributed by atoms with Crippen LogP contribution < -0.4 is 0 Å². The average molecular weight is 411 g/mol. The molecular weight excluding hydrogens is 397 g/mol. The van der Waals surface area contributed by atoms with Gasteiger partial charge in [0.15, 0.2) is 0 Å². The fourth-order valence-electron chi connectivity index (χ4n) is 2.30. The highest BCUT2D eigenvalue weighted by Crippen LogP contribution is 2.24. The third kappa shape index (κ3) is 4.33. The second kappa shape index (κ2) is 8.03. The molecule has 1 heterocycles. The van der Waals surface area contributed by atoms with Gasteiger partial charge in [0.1, 0.15) is 6.54 Å². The molecule has 9 heteroatoms. The Hall–Kier alpha value is -2.15. The molecule has 0 saturated heterocycles. The molecule has 0 radical (unpaired) electrons. The number of amides is 1. The Balaban J connectivity index is 1.66. The van der Waals surface area contributed by atoms with Crippen LogP contribution in [0.1, 0.15) is 5.56 Å². The van der Waals surface area contributed by atoms with Crippen LogP contribution in [0, 0.1) is 0 Å². The maximum atomic E-state index is 12.4. The van der Waals surface area contributed by atoms with Gasteiger partial charge in [-0.25, -0.2) is 0 Å². The number of tetrazole rings is 1. The molecule has 0 spiro atoms. The number of hydrogen-bond donors (Lipinski definition) is 0. The number of aromatic nitrogens is 4. The van der Waals surface area contributed by atoms with E-state index in [1.165, 1.54) is 4.80 Å².